The van der Waals surface area contributed by atoms with Crippen molar-refractivity contribution in [2.45, 2.75) is 58.1 Å². The van der Waals surface area contributed by atoms with E-state index in [1.54, 1.807) is 44.2 Å². The van der Waals surface area contributed by atoms with E-state index in [9.17, 15) is 18.0 Å². The van der Waals surface area contributed by atoms with Gasteiger partial charge >= 0.3 is 16.1 Å². The molecule has 9 heteroatoms. The Kier molecular flexibility index (Phi) is 7.85. The third kappa shape index (κ3) is 5.94. The van der Waals surface area contributed by atoms with Crippen molar-refractivity contribution >= 4 is 21.9 Å². The zero-order chi connectivity index (χ0) is 26.7. The summed E-state index contributed by atoms with van der Waals surface area (Å²) in [7, 11) is -4.20. The molecule has 196 valence electrons. The van der Waals surface area contributed by atoms with Crippen LogP contribution in [0.4, 0.5) is 0 Å². The molecule has 1 aromatic heterocycles. The molecule has 1 aliphatic heterocycles. The third-order valence-corrected chi connectivity index (χ3v) is 7.92. The summed E-state index contributed by atoms with van der Waals surface area (Å²) in [5.41, 5.74) is 3.39. The van der Waals surface area contributed by atoms with Gasteiger partial charge in [0.25, 0.3) is 0 Å². The molecule has 1 aliphatic rings. The van der Waals surface area contributed by atoms with E-state index in [-0.39, 0.29) is 28.1 Å². The molecule has 0 aliphatic carbocycles. The van der Waals surface area contributed by atoms with Crippen LogP contribution >= 0.6 is 0 Å². The van der Waals surface area contributed by atoms with Crippen LogP contribution in [0.25, 0.3) is 0 Å². The van der Waals surface area contributed by atoms with Crippen LogP contribution in [0, 0.1) is 27.7 Å². The predicted molar refractivity (Wildman–Crippen MR) is 138 cm³/mol. The molecule has 3 aromatic rings. The van der Waals surface area contributed by atoms with Crippen LogP contribution in [-0.2, 0) is 26.1 Å². The summed E-state index contributed by atoms with van der Waals surface area (Å²) < 4.78 is 44.3. The van der Waals surface area contributed by atoms with Gasteiger partial charge in [0.1, 0.15) is 10.5 Å². The number of carbonyl (C=O) groups excluding carboxylic acids is 2. The molecule has 0 N–H and O–H groups in total. The first-order valence-corrected chi connectivity index (χ1v) is 13.6. The molecular weight excluding hydrogens is 494 g/mol. The highest BCUT2D eigenvalue weighted by Crippen LogP contribution is 2.26. The average Bonchev–Trinajstić information content (AvgIpc) is 3.47. The fraction of sp³-hybridized carbons (Fsp3) is 0.357. The molecule has 0 radical (unpaired) electrons. The van der Waals surface area contributed by atoms with Crippen molar-refractivity contribution < 1.29 is 31.7 Å². The van der Waals surface area contributed by atoms with E-state index < -0.39 is 22.7 Å². The number of nitrogens with zero attached hydrogens (tertiary/aromatic N) is 1. The standard InChI is InChI=1S/C28H31NO7S/c1-18-11-12-19(2)27(14-18)37(32,33)36-26-10-6-5-9-23(26)28(31)35-17-25(30)24-15-20(3)29(21(24)4)16-22-8-7-13-34-22/h5-6,9-12,14-15,22H,7-8,13,16-17H2,1-4H3/t22-/m0/s1. The molecule has 4 rings (SSSR count). The molecular formula is C28H31NO7S. The van der Waals surface area contributed by atoms with E-state index >= 15 is 0 Å². The van der Waals surface area contributed by atoms with Gasteiger partial charge in [-0.3, -0.25) is 4.79 Å². The van der Waals surface area contributed by atoms with Crippen LogP contribution in [0.5, 0.6) is 5.75 Å². The molecule has 0 spiro atoms. The molecule has 0 bridgehead atoms. The highest BCUT2D eigenvalue weighted by atomic mass is 32.2. The van der Waals surface area contributed by atoms with Gasteiger partial charge < -0.3 is 18.2 Å². The van der Waals surface area contributed by atoms with Crippen LogP contribution in [0.15, 0.2) is 53.4 Å². The Morgan fingerprint density at radius 3 is 2.51 bits per heavy atom. The molecule has 2 aromatic carbocycles. The van der Waals surface area contributed by atoms with Gasteiger partial charge in [-0.15, -0.1) is 0 Å². The average molecular weight is 526 g/mol. The maximum Gasteiger partial charge on any atom is 0.342 e. The number of carbonyl (C=O) groups is 2. The Labute approximate surface area is 217 Å². The molecule has 37 heavy (non-hydrogen) atoms. The second kappa shape index (κ2) is 10.9. The first kappa shape index (κ1) is 26.6. The van der Waals surface area contributed by atoms with Crippen molar-refractivity contribution in [1.82, 2.24) is 4.57 Å². The quantitative estimate of drug-likeness (QED) is 0.227. The van der Waals surface area contributed by atoms with Crippen LogP contribution in [0.1, 0.15) is 56.1 Å². The number of aromatic nitrogens is 1. The molecule has 1 saturated heterocycles. The first-order valence-electron chi connectivity index (χ1n) is 12.2. The molecule has 1 atom stereocenters. The number of rotatable bonds is 9. The number of benzene rings is 2. The number of hydrogen-bond donors (Lipinski definition) is 0. The zero-order valence-corrected chi connectivity index (χ0v) is 22.3. The van der Waals surface area contributed by atoms with E-state index in [0.717, 1.165) is 36.4 Å². The highest BCUT2D eigenvalue weighted by molar-refractivity contribution is 7.87. The predicted octanol–water partition coefficient (Wildman–Crippen LogP) is 4.71. The van der Waals surface area contributed by atoms with E-state index in [1.165, 1.54) is 18.2 Å². The topological polar surface area (TPSA) is 101 Å². The minimum Gasteiger partial charge on any atom is -0.454 e. The Bertz CT molecular complexity index is 1430. The maximum absolute atomic E-state index is 13.0. The van der Waals surface area contributed by atoms with Crippen LogP contribution in [0.2, 0.25) is 0 Å². The Hall–Kier alpha value is -3.43. The van der Waals surface area contributed by atoms with E-state index in [4.69, 9.17) is 13.7 Å². The van der Waals surface area contributed by atoms with Crippen LogP contribution < -0.4 is 4.18 Å². The fourth-order valence-electron chi connectivity index (χ4n) is 4.49. The van der Waals surface area contributed by atoms with Gasteiger partial charge in [-0.2, -0.15) is 8.42 Å². The smallest absolute Gasteiger partial charge is 0.342 e. The summed E-state index contributed by atoms with van der Waals surface area (Å²) in [4.78, 5) is 25.8. The summed E-state index contributed by atoms with van der Waals surface area (Å²) >= 11 is 0. The SMILES string of the molecule is Cc1ccc(C)c(S(=O)(=O)Oc2ccccc2C(=O)OCC(=O)c2cc(C)n(C[C@@H]3CCCO3)c2C)c1. The second-order valence-corrected chi connectivity index (χ2v) is 10.8. The van der Waals surface area contributed by atoms with Crippen molar-refractivity contribution in [3.8, 4) is 5.75 Å². The maximum atomic E-state index is 13.0. The molecule has 0 unspecified atom stereocenters. The van der Waals surface area contributed by atoms with E-state index in [0.29, 0.717) is 17.7 Å². The second-order valence-electron chi connectivity index (χ2n) is 9.33. The lowest BCUT2D eigenvalue weighted by atomic mass is 10.1. The lowest BCUT2D eigenvalue weighted by Crippen LogP contribution is -2.19. The molecule has 0 saturated carbocycles. The summed E-state index contributed by atoms with van der Waals surface area (Å²) in [6.45, 7) is 8.17. The third-order valence-electron chi connectivity index (χ3n) is 6.54. The van der Waals surface area contributed by atoms with Gasteiger partial charge in [0.2, 0.25) is 5.78 Å². The van der Waals surface area contributed by atoms with Crippen molar-refractivity contribution in [3.05, 3.63) is 82.2 Å². The Balaban J connectivity index is 1.47. The van der Waals surface area contributed by atoms with Crippen molar-refractivity contribution in [3.63, 3.8) is 0 Å². The number of aryl methyl sites for hydroxylation is 3. The minimum absolute atomic E-state index is 0.0178. The number of ketones is 1. The number of ether oxygens (including phenoxy) is 2. The fourth-order valence-corrected chi connectivity index (χ4v) is 5.75. The Morgan fingerprint density at radius 1 is 1.03 bits per heavy atom. The Morgan fingerprint density at radius 2 is 1.78 bits per heavy atom. The zero-order valence-electron chi connectivity index (χ0n) is 21.4. The van der Waals surface area contributed by atoms with Crippen LogP contribution in [0.3, 0.4) is 0 Å². The molecule has 8 nitrogen and oxygen atoms in total. The molecule has 0 amide bonds. The van der Waals surface area contributed by atoms with Crippen LogP contribution in [-0.4, -0.2) is 44.1 Å². The van der Waals surface area contributed by atoms with Gasteiger partial charge in [0.15, 0.2) is 12.4 Å². The van der Waals surface area contributed by atoms with Crippen molar-refractivity contribution in [2.75, 3.05) is 13.2 Å². The largest absolute Gasteiger partial charge is 0.454 e. The number of esters is 1. The lowest BCUT2D eigenvalue weighted by Gasteiger charge is -2.15. The van der Waals surface area contributed by atoms with Crippen molar-refractivity contribution in [2.24, 2.45) is 0 Å². The van der Waals surface area contributed by atoms with E-state index in [1.807, 2.05) is 18.4 Å². The number of Topliss-reactive ketones (excluding diaryl/α,β-unsaturated/α-hetero) is 1. The van der Waals surface area contributed by atoms with Gasteiger partial charge in [0, 0.05) is 30.1 Å². The molecule has 2 heterocycles. The van der Waals surface area contributed by atoms with Gasteiger partial charge in [-0.1, -0.05) is 24.3 Å². The van der Waals surface area contributed by atoms with Crippen molar-refractivity contribution in [1.29, 1.82) is 0 Å². The van der Waals surface area contributed by atoms with Gasteiger partial charge in [-0.05, 0) is 75.9 Å². The number of para-hydroxylation sites is 1. The first-order chi connectivity index (χ1) is 17.6. The summed E-state index contributed by atoms with van der Waals surface area (Å²) in [6.07, 6.45) is 2.14. The normalized spacial score (nSPS) is 15.5. The summed E-state index contributed by atoms with van der Waals surface area (Å²) in [5, 5.41) is 0. The summed E-state index contributed by atoms with van der Waals surface area (Å²) in [5.74, 6) is -1.37. The summed E-state index contributed by atoms with van der Waals surface area (Å²) in [6, 6.07) is 12.7. The lowest BCUT2D eigenvalue weighted by molar-refractivity contribution is 0.0472. The highest BCUT2D eigenvalue weighted by Gasteiger charge is 2.25. The van der Waals surface area contributed by atoms with E-state index in [2.05, 4.69) is 0 Å². The molecule has 1 fully saturated rings. The van der Waals surface area contributed by atoms with Gasteiger partial charge in [0.05, 0.1) is 6.10 Å². The minimum atomic E-state index is -4.20. The van der Waals surface area contributed by atoms with Gasteiger partial charge in [-0.25, -0.2) is 4.79 Å². The monoisotopic (exact) mass is 525 g/mol. The number of hydrogen-bond acceptors (Lipinski definition) is 7.